The highest BCUT2D eigenvalue weighted by atomic mass is 35.5. The van der Waals surface area contributed by atoms with Gasteiger partial charge in [-0.15, -0.1) is 0 Å². The fourth-order valence-corrected chi connectivity index (χ4v) is 2.29. The minimum atomic E-state index is -0.418. The molecule has 0 saturated carbocycles. The molecule has 0 unspecified atom stereocenters. The maximum atomic E-state index is 11.8. The van der Waals surface area contributed by atoms with Crippen molar-refractivity contribution in [2.24, 2.45) is 0 Å². The number of hydrogen-bond donors (Lipinski definition) is 1. The molecule has 4 nitrogen and oxygen atoms in total. The molecule has 0 bridgehead atoms. The first kappa shape index (κ1) is 17.0. The molecule has 0 radical (unpaired) electrons. The van der Waals surface area contributed by atoms with Crippen LogP contribution in [0.3, 0.4) is 0 Å². The number of hydrogen-bond acceptors (Lipinski definition) is 3. The minimum absolute atomic E-state index is 0.0373. The third-order valence-electron chi connectivity index (χ3n) is 3.35. The van der Waals surface area contributed by atoms with Crippen molar-refractivity contribution < 1.29 is 14.3 Å². The van der Waals surface area contributed by atoms with Crippen LogP contribution in [0.5, 0.6) is 0 Å². The molecule has 1 amide bonds. The van der Waals surface area contributed by atoms with E-state index < -0.39 is 11.9 Å². The molecule has 0 aliphatic heterocycles. The third-order valence-corrected chi connectivity index (χ3v) is 3.68. The quantitative estimate of drug-likeness (QED) is 0.813. The summed E-state index contributed by atoms with van der Waals surface area (Å²) in [5.74, 6) is -0.787. The molecule has 5 heteroatoms. The predicted molar refractivity (Wildman–Crippen MR) is 90.5 cm³/mol. The molecule has 0 fully saturated rings. The van der Waals surface area contributed by atoms with Crippen molar-refractivity contribution in [3.8, 4) is 0 Å². The van der Waals surface area contributed by atoms with Crippen LogP contribution in [0, 0.1) is 0 Å². The Morgan fingerprint density at radius 3 is 2.43 bits per heavy atom. The van der Waals surface area contributed by atoms with Crippen LogP contribution in [-0.2, 0) is 14.3 Å². The van der Waals surface area contributed by atoms with Gasteiger partial charge in [0, 0.05) is 0 Å². The number of esters is 1. The van der Waals surface area contributed by atoms with Gasteiger partial charge < -0.3 is 10.1 Å². The van der Waals surface area contributed by atoms with E-state index in [1.807, 2.05) is 37.3 Å². The monoisotopic (exact) mass is 331 g/mol. The second-order valence-corrected chi connectivity index (χ2v) is 5.61. The Bertz CT molecular complexity index is 673. The summed E-state index contributed by atoms with van der Waals surface area (Å²) in [6, 6.07) is 16.6. The van der Waals surface area contributed by atoms with Crippen molar-refractivity contribution in [3.05, 3.63) is 65.2 Å². The Balaban J connectivity index is 1.78. The van der Waals surface area contributed by atoms with Crippen LogP contribution in [0.15, 0.2) is 54.6 Å². The van der Waals surface area contributed by atoms with Crippen LogP contribution in [0.2, 0.25) is 5.02 Å². The second kappa shape index (κ2) is 8.34. The van der Waals surface area contributed by atoms with Crippen LogP contribution < -0.4 is 5.32 Å². The zero-order valence-corrected chi connectivity index (χ0v) is 13.5. The fourth-order valence-electron chi connectivity index (χ4n) is 2.10. The number of para-hydroxylation sites is 1. The number of ether oxygens (including phenoxy) is 1. The summed E-state index contributed by atoms with van der Waals surface area (Å²) in [5.41, 5.74) is 1.55. The van der Waals surface area contributed by atoms with E-state index in [2.05, 4.69) is 5.32 Å². The number of carbonyl (C=O) groups excluding carboxylic acids is 2. The summed E-state index contributed by atoms with van der Waals surface area (Å²) in [7, 11) is 0. The van der Waals surface area contributed by atoms with Crippen LogP contribution >= 0.6 is 11.6 Å². The Morgan fingerprint density at radius 2 is 1.74 bits per heavy atom. The SMILES string of the molecule is C[C@H](CC(=O)OCC(=O)Nc1ccccc1Cl)c1ccccc1. The highest BCUT2D eigenvalue weighted by molar-refractivity contribution is 6.33. The van der Waals surface area contributed by atoms with E-state index in [0.717, 1.165) is 5.56 Å². The summed E-state index contributed by atoms with van der Waals surface area (Å²) in [6.45, 7) is 1.62. The lowest BCUT2D eigenvalue weighted by Gasteiger charge is -2.12. The van der Waals surface area contributed by atoms with E-state index >= 15 is 0 Å². The molecule has 1 atom stereocenters. The van der Waals surface area contributed by atoms with Gasteiger partial charge in [0.05, 0.1) is 17.1 Å². The van der Waals surface area contributed by atoms with Crippen LogP contribution in [0.25, 0.3) is 0 Å². The fraction of sp³-hybridized carbons (Fsp3) is 0.222. The molecule has 2 aromatic rings. The topological polar surface area (TPSA) is 55.4 Å². The van der Waals surface area contributed by atoms with Crippen LogP contribution in [0.4, 0.5) is 5.69 Å². The van der Waals surface area contributed by atoms with E-state index in [4.69, 9.17) is 16.3 Å². The lowest BCUT2D eigenvalue weighted by molar-refractivity contribution is -0.147. The Kier molecular flexibility index (Phi) is 6.18. The summed E-state index contributed by atoms with van der Waals surface area (Å²) in [4.78, 5) is 23.6. The summed E-state index contributed by atoms with van der Waals surface area (Å²) < 4.78 is 5.01. The predicted octanol–water partition coefficient (Wildman–Crippen LogP) is 4.02. The first-order valence-corrected chi connectivity index (χ1v) is 7.69. The van der Waals surface area contributed by atoms with Crippen LogP contribution in [0.1, 0.15) is 24.8 Å². The molecule has 2 aromatic carbocycles. The first-order valence-electron chi connectivity index (χ1n) is 7.31. The van der Waals surface area contributed by atoms with E-state index in [1.54, 1.807) is 24.3 Å². The molecule has 0 aliphatic rings. The first-order chi connectivity index (χ1) is 11.1. The van der Waals surface area contributed by atoms with E-state index in [1.165, 1.54) is 0 Å². The molecule has 23 heavy (non-hydrogen) atoms. The highest BCUT2D eigenvalue weighted by Gasteiger charge is 2.14. The summed E-state index contributed by atoms with van der Waals surface area (Å²) >= 11 is 5.95. The smallest absolute Gasteiger partial charge is 0.306 e. The molecular weight excluding hydrogens is 314 g/mol. The lowest BCUT2D eigenvalue weighted by atomic mass is 9.98. The molecular formula is C18H18ClNO3. The van der Waals surface area contributed by atoms with E-state index in [0.29, 0.717) is 10.7 Å². The van der Waals surface area contributed by atoms with Gasteiger partial charge in [0.15, 0.2) is 6.61 Å². The number of carbonyl (C=O) groups is 2. The lowest BCUT2D eigenvalue weighted by Crippen LogP contribution is -2.21. The van der Waals surface area contributed by atoms with Gasteiger partial charge in [-0.05, 0) is 23.6 Å². The highest BCUT2D eigenvalue weighted by Crippen LogP contribution is 2.21. The number of anilines is 1. The maximum Gasteiger partial charge on any atom is 0.306 e. The van der Waals surface area contributed by atoms with Gasteiger partial charge in [0.1, 0.15) is 0 Å². The number of nitrogens with one attached hydrogen (secondary N) is 1. The number of amides is 1. The van der Waals surface area contributed by atoms with Gasteiger partial charge >= 0.3 is 5.97 Å². The minimum Gasteiger partial charge on any atom is -0.456 e. The number of rotatable bonds is 6. The zero-order chi connectivity index (χ0) is 16.7. The molecule has 120 valence electrons. The van der Waals surface area contributed by atoms with Gasteiger partial charge in [-0.25, -0.2) is 0 Å². The van der Waals surface area contributed by atoms with Gasteiger partial charge in [0.25, 0.3) is 5.91 Å². The Morgan fingerprint density at radius 1 is 1.09 bits per heavy atom. The molecule has 1 N–H and O–H groups in total. The van der Waals surface area contributed by atoms with Gasteiger partial charge in [-0.2, -0.15) is 0 Å². The van der Waals surface area contributed by atoms with Crippen molar-refractivity contribution in [2.75, 3.05) is 11.9 Å². The van der Waals surface area contributed by atoms with Gasteiger partial charge in [-0.3, -0.25) is 9.59 Å². The Labute approximate surface area is 140 Å². The molecule has 0 aromatic heterocycles. The molecule has 0 aliphatic carbocycles. The van der Waals surface area contributed by atoms with Gasteiger partial charge in [0.2, 0.25) is 0 Å². The molecule has 0 heterocycles. The Hall–Kier alpha value is -2.33. The van der Waals surface area contributed by atoms with E-state index in [-0.39, 0.29) is 18.9 Å². The standard InChI is InChI=1S/C18H18ClNO3/c1-13(14-7-3-2-4-8-14)11-18(22)23-12-17(21)20-16-10-6-5-9-15(16)19/h2-10,13H,11-12H2,1H3,(H,20,21)/t13-/m1/s1. The van der Waals surface area contributed by atoms with Crippen molar-refractivity contribution >= 4 is 29.2 Å². The van der Waals surface area contributed by atoms with Crippen molar-refractivity contribution in [1.29, 1.82) is 0 Å². The molecule has 0 spiro atoms. The maximum absolute atomic E-state index is 11.8. The van der Waals surface area contributed by atoms with Crippen molar-refractivity contribution in [2.45, 2.75) is 19.3 Å². The van der Waals surface area contributed by atoms with E-state index in [9.17, 15) is 9.59 Å². The van der Waals surface area contributed by atoms with Gasteiger partial charge in [-0.1, -0.05) is 61.0 Å². The van der Waals surface area contributed by atoms with Crippen LogP contribution in [-0.4, -0.2) is 18.5 Å². The molecule has 0 saturated heterocycles. The summed E-state index contributed by atoms with van der Waals surface area (Å²) in [6.07, 6.45) is 0.226. The molecule has 2 rings (SSSR count). The number of halogens is 1. The number of benzene rings is 2. The zero-order valence-electron chi connectivity index (χ0n) is 12.8. The average molecular weight is 332 g/mol. The largest absolute Gasteiger partial charge is 0.456 e. The average Bonchev–Trinajstić information content (AvgIpc) is 2.56. The normalized spacial score (nSPS) is 11.6. The van der Waals surface area contributed by atoms with Crippen molar-refractivity contribution in [3.63, 3.8) is 0 Å². The second-order valence-electron chi connectivity index (χ2n) is 5.20. The third kappa shape index (κ3) is 5.42. The van der Waals surface area contributed by atoms with Crippen molar-refractivity contribution in [1.82, 2.24) is 0 Å². The summed E-state index contributed by atoms with van der Waals surface area (Å²) in [5, 5.41) is 3.04.